The first-order chi connectivity index (χ1) is 11.2. The fourth-order valence-corrected chi connectivity index (χ4v) is 2.43. The van der Waals surface area contributed by atoms with E-state index in [4.69, 9.17) is 5.73 Å². The average Bonchev–Trinajstić information content (AvgIpc) is 2.48. The van der Waals surface area contributed by atoms with Crippen molar-refractivity contribution in [2.24, 2.45) is 5.73 Å². The highest BCUT2D eigenvalue weighted by Gasteiger charge is 2.11. The van der Waals surface area contributed by atoms with E-state index >= 15 is 0 Å². The molecule has 0 spiro atoms. The summed E-state index contributed by atoms with van der Waals surface area (Å²) >= 11 is 0. The van der Waals surface area contributed by atoms with Gasteiger partial charge in [0.1, 0.15) is 0 Å². The number of nitrogens with one attached hydrogen (secondary N) is 1. The van der Waals surface area contributed by atoms with Crippen molar-refractivity contribution in [1.82, 2.24) is 24.9 Å². The van der Waals surface area contributed by atoms with Crippen LogP contribution in [-0.4, -0.2) is 113 Å². The third-order valence-electron chi connectivity index (χ3n) is 4.21. The molecule has 7 nitrogen and oxygen atoms in total. The zero-order valence-electron chi connectivity index (χ0n) is 16.7. The highest BCUT2D eigenvalue weighted by Crippen LogP contribution is 1.97. The Hall–Kier alpha value is -0.890. The van der Waals surface area contributed by atoms with Crippen molar-refractivity contribution in [3.05, 3.63) is 0 Å². The lowest BCUT2D eigenvalue weighted by Gasteiger charge is -2.29. The number of amides is 2. The minimum atomic E-state index is -0.308. The van der Waals surface area contributed by atoms with Crippen molar-refractivity contribution < 1.29 is 4.79 Å². The molecule has 2 amide bonds. The third-order valence-corrected chi connectivity index (χ3v) is 4.21. The first-order valence-corrected chi connectivity index (χ1v) is 8.98. The van der Waals surface area contributed by atoms with Gasteiger partial charge in [0.05, 0.1) is 0 Å². The number of nitrogens with zero attached hydrogens (tertiary/aromatic N) is 4. The maximum absolute atomic E-state index is 11.2. The Labute approximate surface area is 149 Å². The number of hydrogen-bond donors (Lipinski definition) is 2. The Bertz CT molecular complexity index is 300. The van der Waals surface area contributed by atoms with Crippen molar-refractivity contribution in [3.63, 3.8) is 0 Å². The maximum Gasteiger partial charge on any atom is 0.314 e. The monoisotopic (exact) mass is 344 g/mol. The van der Waals surface area contributed by atoms with Crippen LogP contribution in [-0.2, 0) is 0 Å². The van der Waals surface area contributed by atoms with Gasteiger partial charge in [-0.3, -0.25) is 0 Å². The van der Waals surface area contributed by atoms with Crippen LogP contribution in [0.5, 0.6) is 0 Å². The smallest absolute Gasteiger partial charge is 0.314 e. The fourth-order valence-electron chi connectivity index (χ4n) is 2.43. The normalized spacial score (nSPS) is 18.4. The second kappa shape index (κ2) is 13.4. The van der Waals surface area contributed by atoms with Gasteiger partial charge in [-0.15, -0.1) is 0 Å². The van der Waals surface area contributed by atoms with Gasteiger partial charge in [-0.1, -0.05) is 0 Å². The zero-order chi connectivity index (χ0) is 18.5. The molecule has 0 saturated carbocycles. The van der Waals surface area contributed by atoms with E-state index in [0.29, 0.717) is 0 Å². The van der Waals surface area contributed by atoms with Crippen LogP contribution in [0.1, 0.15) is 19.8 Å². The van der Waals surface area contributed by atoms with Crippen molar-refractivity contribution in [2.45, 2.75) is 25.8 Å². The summed E-state index contributed by atoms with van der Waals surface area (Å²) in [6.45, 7) is 9.21. The van der Waals surface area contributed by atoms with Crippen LogP contribution in [0.2, 0.25) is 0 Å². The van der Waals surface area contributed by atoms with Crippen molar-refractivity contribution in [2.75, 3.05) is 81.1 Å². The number of piperazine rings is 1. The molecule has 0 aromatic heterocycles. The second-order valence-corrected chi connectivity index (χ2v) is 7.17. The number of nitrogens with two attached hydrogens (primary N) is 1. The summed E-state index contributed by atoms with van der Waals surface area (Å²) < 4.78 is 0. The van der Waals surface area contributed by atoms with E-state index in [9.17, 15) is 4.79 Å². The molecule has 0 aliphatic carbocycles. The van der Waals surface area contributed by atoms with E-state index in [0.717, 1.165) is 58.2 Å². The van der Waals surface area contributed by atoms with Gasteiger partial charge >= 0.3 is 6.03 Å². The predicted molar refractivity (Wildman–Crippen MR) is 102 cm³/mol. The molecular formula is C17H40N6O. The van der Waals surface area contributed by atoms with Gasteiger partial charge in [0.25, 0.3) is 0 Å². The molecule has 1 rings (SSSR count). The van der Waals surface area contributed by atoms with Gasteiger partial charge < -0.3 is 30.7 Å². The van der Waals surface area contributed by atoms with E-state index in [-0.39, 0.29) is 6.03 Å². The molecule has 144 valence electrons. The minimum absolute atomic E-state index is 0.308. The maximum atomic E-state index is 11.2. The van der Waals surface area contributed by atoms with Crippen LogP contribution in [0.4, 0.5) is 4.79 Å². The first-order valence-electron chi connectivity index (χ1n) is 8.98. The van der Waals surface area contributed by atoms with E-state index < -0.39 is 0 Å². The molecule has 24 heavy (non-hydrogen) atoms. The van der Waals surface area contributed by atoms with Crippen molar-refractivity contribution in [3.8, 4) is 0 Å². The lowest BCUT2D eigenvalue weighted by Crippen LogP contribution is -2.47. The summed E-state index contributed by atoms with van der Waals surface area (Å²) in [5, 5.41) is 3.32. The van der Waals surface area contributed by atoms with Crippen molar-refractivity contribution in [1.29, 1.82) is 0 Å². The van der Waals surface area contributed by atoms with Crippen LogP contribution in [0.3, 0.4) is 0 Å². The van der Waals surface area contributed by atoms with Crippen LogP contribution in [0.25, 0.3) is 0 Å². The molecule has 1 aliphatic heterocycles. The Morgan fingerprint density at radius 3 is 1.88 bits per heavy atom. The SMILES string of the molecule is CC1CNCCN1C.CN(C)CCCN(CCCN(C)C)C(N)=O. The first kappa shape index (κ1) is 23.1. The van der Waals surface area contributed by atoms with Gasteiger partial charge in [0.2, 0.25) is 0 Å². The molecule has 1 aliphatic rings. The Morgan fingerprint density at radius 1 is 1.08 bits per heavy atom. The third kappa shape index (κ3) is 12.5. The quantitative estimate of drug-likeness (QED) is 0.657. The van der Waals surface area contributed by atoms with Crippen LogP contribution < -0.4 is 11.1 Å². The number of hydrogen-bond acceptors (Lipinski definition) is 5. The summed E-state index contributed by atoms with van der Waals surface area (Å²) in [5.41, 5.74) is 5.33. The van der Waals surface area contributed by atoms with Gasteiger partial charge in [-0.25, -0.2) is 4.79 Å². The molecule has 1 fully saturated rings. The van der Waals surface area contributed by atoms with Gasteiger partial charge in [0.15, 0.2) is 0 Å². The summed E-state index contributed by atoms with van der Waals surface area (Å²) in [6.07, 6.45) is 1.94. The fraction of sp³-hybridized carbons (Fsp3) is 0.941. The van der Waals surface area contributed by atoms with Gasteiger partial charge in [0, 0.05) is 38.8 Å². The molecule has 1 heterocycles. The topological polar surface area (TPSA) is 68.1 Å². The second-order valence-electron chi connectivity index (χ2n) is 7.17. The standard InChI is InChI=1S/C11H26N4O.C6H14N2/c1-13(2)7-5-9-15(11(12)16)10-6-8-14(3)4;1-6-5-7-3-4-8(6)2/h5-10H2,1-4H3,(H2,12,16);6-7H,3-5H2,1-2H3. The predicted octanol–water partition coefficient (Wildman–Crippen LogP) is 0.180. The summed E-state index contributed by atoms with van der Waals surface area (Å²) in [5.74, 6) is 0. The molecule has 1 saturated heterocycles. The molecule has 7 heteroatoms. The Kier molecular flexibility index (Phi) is 12.9. The molecule has 0 aromatic rings. The lowest BCUT2D eigenvalue weighted by molar-refractivity contribution is 0.201. The molecule has 0 bridgehead atoms. The summed E-state index contributed by atoms with van der Waals surface area (Å²) in [7, 11) is 10.3. The van der Waals surface area contributed by atoms with Crippen LogP contribution in [0, 0.1) is 0 Å². The molecule has 0 aromatic carbocycles. The lowest BCUT2D eigenvalue weighted by atomic mass is 10.2. The number of carbonyl (C=O) groups excluding carboxylic acids is 1. The summed E-state index contributed by atoms with van der Waals surface area (Å²) in [6, 6.07) is 0.418. The molecule has 1 atom stereocenters. The number of primary amides is 1. The van der Waals surface area contributed by atoms with Gasteiger partial charge in [-0.2, -0.15) is 0 Å². The number of likely N-dealkylation sites (N-methyl/N-ethyl adjacent to an activating group) is 1. The van der Waals surface area contributed by atoms with Gasteiger partial charge in [-0.05, 0) is 68.1 Å². The average molecular weight is 345 g/mol. The number of urea groups is 1. The molecule has 3 N–H and O–H groups in total. The molecule has 0 radical (unpaired) electrons. The largest absolute Gasteiger partial charge is 0.351 e. The number of rotatable bonds is 8. The highest BCUT2D eigenvalue weighted by molar-refractivity contribution is 5.71. The molecule has 1 unspecified atom stereocenters. The van der Waals surface area contributed by atoms with E-state index in [1.54, 1.807) is 4.90 Å². The number of carbonyl (C=O) groups is 1. The van der Waals surface area contributed by atoms with E-state index in [2.05, 4.69) is 34.0 Å². The van der Waals surface area contributed by atoms with Crippen LogP contribution >= 0.6 is 0 Å². The highest BCUT2D eigenvalue weighted by atomic mass is 16.2. The Balaban J connectivity index is 0.000000546. The molecular weight excluding hydrogens is 304 g/mol. The minimum Gasteiger partial charge on any atom is -0.351 e. The zero-order valence-corrected chi connectivity index (χ0v) is 16.7. The van der Waals surface area contributed by atoms with Crippen LogP contribution in [0.15, 0.2) is 0 Å². The Morgan fingerprint density at radius 2 is 1.58 bits per heavy atom. The summed E-state index contributed by atoms with van der Waals surface area (Å²) in [4.78, 5) is 19.5. The van der Waals surface area contributed by atoms with E-state index in [1.165, 1.54) is 6.54 Å². The van der Waals surface area contributed by atoms with Crippen molar-refractivity contribution >= 4 is 6.03 Å². The van der Waals surface area contributed by atoms with E-state index in [1.807, 2.05) is 28.2 Å².